The van der Waals surface area contributed by atoms with Gasteiger partial charge in [-0.1, -0.05) is 19.8 Å². The van der Waals surface area contributed by atoms with E-state index in [-0.39, 0.29) is 11.9 Å². The Kier molecular flexibility index (Phi) is 2.88. The van der Waals surface area contributed by atoms with Crippen molar-refractivity contribution in [3.8, 4) is 0 Å². The lowest BCUT2D eigenvalue weighted by Gasteiger charge is -2.36. The fourth-order valence-corrected chi connectivity index (χ4v) is 1.28. The molecule has 11 heavy (non-hydrogen) atoms. The van der Waals surface area contributed by atoms with Gasteiger partial charge in [0, 0.05) is 13.1 Å². The Labute approximate surface area is 67.5 Å². The van der Waals surface area contributed by atoms with Gasteiger partial charge in [-0.15, -0.1) is 0 Å². The summed E-state index contributed by atoms with van der Waals surface area (Å²) in [6, 6.07) is -0.198. The van der Waals surface area contributed by atoms with Gasteiger partial charge < -0.3 is 10.6 Å². The monoisotopic (exact) mass is 156 g/mol. The summed E-state index contributed by atoms with van der Waals surface area (Å²) in [6.45, 7) is 3.83. The molecule has 64 valence electrons. The highest BCUT2D eigenvalue weighted by molar-refractivity contribution is 5.87. The molecule has 0 aromatic rings. The van der Waals surface area contributed by atoms with Crippen LogP contribution < -0.4 is 5.73 Å². The highest BCUT2D eigenvalue weighted by Gasteiger charge is 2.32. The molecule has 1 atom stereocenters. The van der Waals surface area contributed by atoms with E-state index in [0.29, 0.717) is 0 Å². The molecule has 1 unspecified atom stereocenters. The molecule has 1 aliphatic heterocycles. The van der Waals surface area contributed by atoms with Crippen molar-refractivity contribution in [1.82, 2.24) is 4.90 Å². The smallest absolute Gasteiger partial charge is 0.241 e. The molecule has 0 aromatic heterocycles. The first-order valence-corrected chi connectivity index (χ1v) is 4.30. The Morgan fingerprint density at radius 3 is 2.82 bits per heavy atom. The lowest BCUT2D eigenvalue weighted by Crippen LogP contribution is -2.60. The number of unbranched alkanes of at least 4 members (excludes halogenated alkanes) is 2. The zero-order valence-corrected chi connectivity index (χ0v) is 7.05. The van der Waals surface area contributed by atoms with E-state index in [1.165, 1.54) is 12.8 Å². The number of amides is 1. The predicted molar refractivity (Wildman–Crippen MR) is 44.1 cm³/mol. The van der Waals surface area contributed by atoms with Gasteiger partial charge in [-0.3, -0.25) is 4.79 Å². The second kappa shape index (κ2) is 3.72. The highest BCUT2D eigenvalue weighted by atomic mass is 16.2. The fraction of sp³-hybridized carbons (Fsp3) is 0.875. The van der Waals surface area contributed by atoms with Gasteiger partial charge >= 0.3 is 0 Å². The van der Waals surface area contributed by atoms with Gasteiger partial charge in [-0.25, -0.2) is 0 Å². The van der Waals surface area contributed by atoms with Crippen LogP contribution in [-0.4, -0.2) is 29.9 Å². The Hall–Kier alpha value is -0.570. The van der Waals surface area contributed by atoms with Crippen molar-refractivity contribution in [2.45, 2.75) is 32.2 Å². The molecular weight excluding hydrogens is 140 g/mol. The van der Waals surface area contributed by atoms with E-state index in [4.69, 9.17) is 5.73 Å². The average molecular weight is 156 g/mol. The third-order valence-electron chi connectivity index (χ3n) is 2.08. The summed E-state index contributed by atoms with van der Waals surface area (Å²) < 4.78 is 0. The first-order chi connectivity index (χ1) is 5.25. The molecule has 0 saturated carbocycles. The largest absolute Gasteiger partial charge is 0.339 e. The molecule has 3 nitrogen and oxygen atoms in total. The van der Waals surface area contributed by atoms with E-state index in [1.807, 2.05) is 4.90 Å². The first-order valence-electron chi connectivity index (χ1n) is 4.30. The standard InChI is InChI=1S/C8H16N2O/c1-2-3-4-5-10-6-7(9)8(10)11/h7H,2-6,9H2,1H3. The number of likely N-dealkylation sites (tertiary alicyclic amines) is 1. The molecule has 1 fully saturated rings. The van der Waals surface area contributed by atoms with Crippen molar-refractivity contribution >= 4 is 5.91 Å². The summed E-state index contributed by atoms with van der Waals surface area (Å²) >= 11 is 0. The summed E-state index contributed by atoms with van der Waals surface area (Å²) in [5, 5.41) is 0. The number of nitrogens with two attached hydrogens (primary N) is 1. The maximum atomic E-state index is 11.0. The lowest BCUT2D eigenvalue weighted by atomic mass is 10.1. The van der Waals surface area contributed by atoms with E-state index in [1.54, 1.807) is 0 Å². The molecule has 1 rings (SSSR count). The van der Waals surface area contributed by atoms with Crippen molar-refractivity contribution in [3.05, 3.63) is 0 Å². The van der Waals surface area contributed by atoms with Crippen LogP contribution in [0.5, 0.6) is 0 Å². The van der Waals surface area contributed by atoms with Crippen molar-refractivity contribution < 1.29 is 4.79 Å². The van der Waals surface area contributed by atoms with E-state index in [2.05, 4.69) is 6.92 Å². The van der Waals surface area contributed by atoms with E-state index in [9.17, 15) is 4.79 Å². The van der Waals surface area contributed by atoms with Crippen LogP contribution in [0.4, 0.5) is 0 Å². The second-order valence-corrected chi connectivity index (χ2v) is 3.10. The average Bonchev–Trinajstić information content (AvgIpc) is 2.03. The molecule has 0 spiro atoms. The quantitative estimate of drug-likeness (QED) is 0.471. The van der Waals surface area contributed by atoms with E-state index >= 15 is 0 Å². The summed E-state index contributed by atoms with van der Waals surface area (Å²) in [5.41, 5.74) is 5.43. The maximum Gasteiger partial charge on any atom is 0.241 e. The minimum atomic E-state index is -0.198. The zero-order chi connectivity index (χ0) is 8.27. The molecule has 0 radical (unpaired) electrons. The van der Waals surface area contributed by atoms with Gasteiger partial charge in [0.2, 0.25) is 5.91 Å². The Balaban J connectivity index is 2.06. The Bertz CT molecular complexity index is 147. The van der Waals surface area contributed by atoms with Gasteiger partial charge in [-0.05, 0) is 6.42 Å². The minimum Gasteiger partial charge on any atom is -0.339 e. The van der Waals surface area contributed by atoms with Gasteiger partial charge in [0.1, 0.15) is 6.04 Å². The molecule has 1 aliphatic rings. The lowest BCUT2D eigenvalue weighted by molar-refractivity contribution is -0.142. The molecule has 2 N–H and O–H groups in total. The van der Waals surface area contributed by atoms with Crippen LogP contribution >= 0.6 is 0 Å². The van der Waals surface area contributed by atoms with Crippen molar-refractivity contribution in [3.63, 3.8) is 0 Å². The van der Waals surface area contributed by atoms with Crippen LogP contribution in [-0.2, 0) is 4.79 Å². The Morgan fingerprint density at radius 1 is 1.64 bits per heavy atom. The molecule has 1 amide bonds. The summed E-state index contributed by atoms with van der Waals surface area (Å²) in [6.07, 6.45) is 3.53. The van der Waals surface area contributed by atoms with Crippen LogP contribution in [0.2, 0.25) is 0 Å². The highest BCUT2D eigenvalue weighted by Crippen LogP contribution is 2.09. The van der Waals surface area contributed by atoms with Crippen LogP contribution in [0, 0.1) is 0 Å². The molecular formula is C8H16N2O. The molecule has 3 heteroatoms. The molecule has 1 saturated heterocycles. The van der Waals surface area contributed by atoms with Crippen molar-refractivity contribution in [1.29, 1.82) is 0 Å². The van der Waals surface area contributed by atoms with Gasteiger partial charge in [0.15, 0.2) is 0 Å². The summed E-state index contributed by atoms with van der Waals surface area (Å²) in [5.74, 6) is 0.126. The van der Waals surface area contributed by atoms with Gasteiger partial charge in [-0.2, -0.15) is 0 Å². The Morgan fingerprint density at radius 2 is 2.36 bits per heavy atom. The summed E-state index contributed by atoms with van der Waals surface area (Å²) in [4.78, 5) is 12.8. The van der Waals surface area contributed by atoms with Crippen molar-refractivity contribution in [2.24, 2.45) is 5.73 Å². The molecule has 0 aliphatic carbocycles. The maximum absolute atomic E-state index is 11.0. The fourth-order valence-electron chi connectivity index (χ4n) is 1.28. The predicted octanol–water partition coefficient (Wildman–Crippen LogP) is 0.346. The van der Waals surface area contributed by atoms with Gasteiger partial charge in [0.05, 0.1) is 0 Å². The molecule has 1 heterocycles. The van der Waals surface area contributed by atoms with E-state index in [0.717, 1.165) is 19.5 Å². The minimum absolute atomic E-state index is 0.126. The van der Waals surface area contributed by atoms with E-state index < -0.39 is 0 Å². The number of hydrogen-bond acceptors (Lipinski definition) is 2. The van der Waals surface area contributed by atoms with Crippen LogP contribution in [0.1, 0.15) is 26.2 Å². The van der Waals surface area contributed by atoms with Crippen LogP contribution in [0.15, 0.2) is 0 Å². The second-order valence-electron chi connectivity index (χ2n) is 3.10. The number of rotatable bonds is 4. The van der Waals surface area contributed by atoms with Crippen LogP contribution in [0.3, 0.4) is 0 Å². The summed E-state index contributed by atoms with van der Waals surface area (Å²) in [7, 11) is 0. The van der Waals surface area contributed by atoms with Crippen molar-refractivity contribution in [2.75, 3.05) is 13.1 Å². The zero-order valence-electron chi connectivity index (χ0n) is 7.05. The molecule has 0 aromatic carbocycles. The molecule has 0 bridgehead atoms. The number of carbonyl (C=O) groups is 1. The SMILES string of the molecule is CCCCCN1CC(N)C1=O. The third kappa shape index (κ3) is 1.93. The third-order valence-corrected chi connectivity index (χ3v) is 2.08. The number of nitrogens with zero attached hydrogens (tertiary/aromatic N) is 1. The first kappa shape index (κ1) is 8.53. The van der Waals surface area contributed by atoms with Gasteiger partial charge in [0.25, 0.3) is 0 Å². The number of β-lactam (4-membered cyclic amide) rings is 1. The normalized spacial score (nSPS) is 23.6. The topological polar surface area (TPSA) is 46.3 Å². The van der Waals surface area contributed by atoms with Crippen LogP contribution in [0.25, 0.3) is 0 Å². The number of hydrogen-bond donors (Lipinski definition) is 1. The number of carbonyl (C=O) groups excluding carboxylic acids is 1.